The molecule has 3 rings (SSSR count). The van der Waals surface area contributed by atoms with Gasteiger partial charge >= 0.3 is 0 Å². The van der Waals surface area contributed by atoms with Crippen molar-refractivity contribution in [3.05, 3.63) is 53.1 Å². The standard InChI is InChI=1S/C20H25NOS/c1-14-12-15(2)20(16(3)13-14)23-19-6-4-17(5-7-19)22-18-8-10-21-11-9-18/h4-7,12-13,18,21H,8-11H2,1-3H3. The van der Waals surface area contributed by atoms with Gasteiger partial charge in [0.25, 0.3) is 0 Å². The molecule has 2 aromatic rings. The van der Waals surface area contributed by atoms with Crippen molar-refractivity contribution in [3.8, 4) is 5.75 Å². The fraction of sp³-hybridized carbons (Fsp3) is 0.400. The summed E-state index contributed by atoms with van der Waals surface area (Å²) in [6.45, 7) is 8.66. The highest BCUT2D eigenvalue weighted by molar-refractivity contribution is 7.99. The third kappa shape index (κ3) is 4.30. The predicted molar refractivity (Wildman–Crippen MR) is 97.7 cm³/mol. The van der Waals surface area contributed by atoms with Crippen molar-refractivity contribution in [2.45, 2.75) is 49.5 Å². The SMILES string of the molecule is Cc1cc(C)c(Sc2ccc(OC3CCNCC3)cc2)c(C)c1. The highest BCUT2D eigenvalue weighted by Gasteiger charge is 2.14. The molecule has 1 heterocycles. The zero-order chi connectivity index (χ0) is 16.2. The van der Waals surface area contributed by atoms with E-state index in [1.165, 1.54) is 26.5 Å². The maximum absolute atomic E-state index is 6.07. The molecule has 2 nitrogen and oxygen atoms in total. The Balaban J connectivity index is 1.68. The second kappa shape index (κ2) is 7.41. The summed E-state index contributed by atoms with van der Waals surface area (Å²) in [6.07, 6.45) is 2.55. The molecule has 0 aromatic heterocycles. The number of rotatable bonds is 4. The van der Waals surface area contributed by atoms with Crippen molar-refractivity contribution >= 4 is 11.8 Å². The average Bonchev–Trinajstić information content (AvgIpc) is 2.53. The summed E-state index contributed by atoms with van der Waals surface area (Å²) in [5.41, 5.74) is 4.03. The molecular weight excluding hydrogens is 302 g/mol. The summed E-state index contributed by atoms with van der Waals surface area (Å²) >= 11 is 1.84. The first-order valence-corrected chi connectivity index (χ1v) is 9.16. The van der Waals surface area contributed by atoms with Gasteiger partial charge in [-0.1, -0.05) is 29.5 Å². The van der Waals surface area contributed by atoms with Crippen LogP contribution in [0.3, 0.4) is 0 Å². The molecule has 0 saturated carbocycles. The zero-order valence-corrected chi connectivity index (χ0v) is 15.0. The van der Waals surface area contributed by atoms with E-state index in [1.54, 1.807) is 0 Å². The highest BCUT2D eigenvalue weighted by atomic mass is 32.2. The summed E-state index contributed by atoms with van der Waals surface area (Å²) in [6, 6.07) is 13.0. The number of hydrogen-bond donors (Lipinski definition) is 1. The molecule has 0 bridgehead atoms. The van der Waals surface area contributed by atoms with Crippen molar-refractivity contribution in [3.63, 3.8) is 0 Å². The van der Waals surface area contributed by atoms with Crippen LogP contribution < -0.4 is 10.1 Å². The molecule has 0 spiro atoms. The third-order valence-corrected chi connectivity index (χ3v) is 5.59. The molecule has 0 aliphatic carbocycles. The summed E-state index contributed by atoms with van der Waals surface area (Å²) in [4.78, 5) is 2.63. The lowest BCUT2D eigenvalue weighted by Crippen LogP contribution is -2.34. The number of aryl methyl sites for hydroxylation is 3. The van der Waals surface area contributed by atoms with Gasteiger partial charge in [0.1, 0.15) is 11.9 Å². The van der Waals surface area contributed by atoms with Crippen molar-refractivity contribution in [1.82, 2.24) is 5.32 Å². The number of piperidine rings is 1. The first-order chi connectivity index (χ1) is 11.1. The Hall–Kier alpha value is -1.45. The van der Waals surface area contributed by atoms with Crippen molar-refractivity contribution in [2.75, 3.05) is 13.1 Å². The molecular formula is C20H25NOS. The molecule has 0 amide bonds. The lowest BCUT2D eigenvalue weighted by atomic mass is 10.1. The van der Waals surface area contributed by atoms with Crippen LogP contribution in [0, 0.1) is 20.8 Å². The van der Waals surface area contributed by atoms with E-state index in [0.717, 1.165) is 31.7 Å². The average molecular weight is 327 g/mol. The largest absolute Gasteiger partial charge is 0.490 e. The fourth-order valence-electron chi connectivity index (χ4n) is 3.14. The van der Waals surface area contributed by atoms with Crippen molar-refractivity contribution < 1.29 is 4.74 Å². The van der Waals surface area contributed by atoms with Gasteiger partial charge in [-0.05, 0) is 82.1 Å². The molecule has 0 unspecified atom stereocenters. The second-order valence-electron chi connectivity index (χ2n) is 6.37. The Morgan fingerprint density at radius 3 is 2.17 bits per heavy atom. The topological polar surface area (TPSA) is 21.3 Å². The van der Waals surface area contributed by atoms with Gasteiger partial charge in [-0.2, -0.15) is 0 Å². The summed E-state index contributed by atoms with van der Waals surface area (Å²) in [5.74, 6) is 0.985. The van der Waals surface area contributed by atoms with E-state index in [9.17, 15) is 0 Å². The van der Waals surface area contributed by atoms with Crippen LogP contribution in [0.5, 0.6) is 5.75 Å². The van der Waals surface area contributed by atoms with Crippen LogP contribution in [-0.2, 0) is 0 Å². The van der Waals surface area contributed by atoms with Gasteiger partial charge in [-0.25, -0.2) is 0 Å². The van der Waals surface area contributed by atoms with E-state index in [4.69, 9.17) is 4.74 Å². The molecule has 1 aliphatic rings. The third-order valence-electron chi connectivity index (χ3n) is 4.24. The Kier molecular flexibility index (Phi) is 5.29. The number of ether oxygens (including phenoxy) is 1. The van der Waals surface area contributed by atoms with Gasteiger partial charge in [-0.15, -0.1) is 0 Å². The monoisotopic (exact) mass is 327 g/mol. The maximum Gasteiger partial charge on any atom is 0.119 e. The molecule has 1 N–H and O–H groups in total. The van der Waals surface area contributed by atoms with E-state index in [2.05, 4.69) is 62.5 Å². The van der Waals surface area contributed by atoms with Gasteiger partial charge in [0, 0.05) is 9.79 Å². The van der Waals surface area contributed by atoms with Crippen molar-refractivity contribution in [2.24, 2.45) is 0 Å². The van der Waals surface area contributed by atoms with Crippen LogP contribution in [0.1, 0.15) is 29.5 Å². The van der Waals surface area contributed by atoms with Crippen LogP contribution in [0.15, 0.2) is 46.2 Å². The Morgan fingerprint density at radius 1 is 0.957 bits per heavy atom. The summed E-state index contributed by atoms with van der Waals surface area (Å²) in [7, 11) is 0. The Bertz CT molecular complexity index is 637. The molecule has 0 radical (unpaired) electrons. The normalized spacial score (nSPS) is 15.6. The van der Waals surface area contributed by atoms with E-state index in [0.29, 0.717) is 6.10 Å². The minimum atomic E-state index is 0.358. The lowest BCUT2D eigenvalue weighted by molar-refractivity contribution is 0.162. The number of benzene rings is 2. The van der Waals surface area contributed by atoms with Crippen LogP contribution in [-0.4, -0.2) is 19.2 Å². The minimum Gasteiger partial charge on any atom is -0.490 e. The number of nitrogens with one attached hydrogen (secondary N) is 1. The maximum atomic E-state index is 6.07. The quantitative estimate of drug-likeness (QED) is 0.863. The molecule has 1 saturated heterocycles. The minimum absolute atomic E-state index is 0.358. The molecule has 0 atom stereocenters. The smallest absolute Gasteiger partial charge is 0.119 e. The van der Waals surface area contributed by atoms with E-state index in [1.807, 2.05) is 11.8 Å². The van der Waals surface area contributed by atoms with Gasteiger partial charge in [-0.3, -0.25) is 0 Å². The molecule has 2 aromatic carbocycles. The zero-order valence-electron chi connectivity index (χ0n) is 14.2. The van der Waals surface area contributed by atoms with E-state index in [-0.39, 0.29) is 0 Å². The Labute approximate surface area is 143 Å². The van der Waals surface area contributed by atoms with Crippen molar-refractivity contribution in [1.29, 1.82) is 0 Å². The van der Waals surface area contributed by atoms with E-state index >= 15 is 0 Å². The fourth-order valence-corrected chi connectivity index (χ4v) is 4.09. The van der Waals surface area contributed by atoms with Gasteiger partial charge in [0.15, 0.2) is 0 Å². The second-order valence-corrected chi connectivity index (χ2v) is 7.45. The molecule has 1 aliphatic heterocycles. The summed E-state index contributed by atoms with van der Waals surface area (Å²) in [5, 5.41) is 3.37. The predicted octanol–water partition coefficient (Wildman–Crippen LogP) is 4.89. The molecule has 3 heteroatoms. The van der Waals surface area contributed by atoms with Crippen LogP contribution >= 0.6 is 11.8 Å². The first-order valence-electron chi connectivity index (χ1n) is 8.35. The van der Waals surface area contributed by atoms with Crippen LogP contribution in [0.25, 0.3) is 0 Å². The number of hydrogen-bond acceptors (Lipinski definition) is 3. The highest BCUT2D eigenvalue weighted by Crippen LogP contribution is 2.34. The molecule has 1 fully saturated rings. The lowest BCUT2D eigenvalue weighted by Gasteiger charge is -2.23. The van der Waals surface area contributed by atoms with Gasteiger partial charge in [0.2, 0.25) is 0 Å². The van der Waals surface area contributed by atoms with Gasteiger partial charge < -0.3 is 10.1 Å². The van der Waals surface area contributed by atoms with Crippen LogP contribution in [0.4, 0.5) is 0 Å². The van der Waals surface area contributed by atoms with E-state index < -0.39 is 0 Å². The van der Waals surface area contributed by atoms with Gasteiger partial charge in [0.05, 0.1) is 0 Å². The van der Waals surface area contributed by atoms with Crippen LogP contribution in [0.2, 0.25) is 0 Å². The Morgan fingerprint density at radius 2 is 1.57 bits per heavy atom. The first kappa shape index (κ1) is 16.4. The summed E-state index contributed by atoms with van der Waals surface area (Å²) < 4.78 is 6.07. The molecule has 23 heavy (non-hydrogen) atoms. The molecule has 122 valence electrons.